The number of nitrogens with zero attached hydrogens (tertiary/aromatic N) is 2. The first-order valence-corrected chi connectivity index (χ1v) is 6.08. The number of rotatable bonds is 1. The van der Waals surface area contributed by atoms with Crippen LogP contribution in [0.4, 0.5) is 10.6 Å². The summed E-state index contributed by atoms with van der Waals surface area (Å²) >= 11 is 0. The van der Waals surface area contributed by atoms with Crippen molar-refractivity contribution in [3.8, 4) is 0 Å². The molecule has 1 aromatic rings. The second-order valence-electron chi connectivity index (χ2n) is 5.36. The summed E-state index contributed by atoms with van der Waals surface area (Å²) in [6, 6.07) is 1.60. The van der Waals surface area contributed by atoms with Gasteiger partial charge in [0.25, 0.3) is 0 Å². The molecular weight excluding hydrogens is 234 g/mol. The normalized spacial score (nSPS) is 16.7. The van der Waals surface area contributed by atoms with Gasteiger partial charge in [0.05, 0.1) is 13.2 Å². The summed E-state index contributed by atoms with van der Waals surface area (Å²) in [5, 5.41) is 6.58. The van der Waals surface area contributed by atoms with Gasteiger partial charge in [-0.05, 0) is 0 Å². The Morgan fingerprint density at radius 1 is 1.39 bits per heavy atom. The Labute approximate surface area is 106 Å². The van der Waals surface area contributed by atoms with Crippen LogP contribution in [0.15, 0.2) is 10.6 Å². The number of morpholine rings is 1. The van der Waals surface area contributed by atoms with E-state index >= 15 is 0 Å². The second-order valence-corrected chi connectivity index (χ2v) is 5.36. The molecule has 0 aliphatic carbocycles. The predicted octanol–water partition coefficient (Wildman–Crippen LogP) is 1.84. The number of anilines is 1. The quantitative estimate of drug-likeness (QED) is 0.829. The van der Waals surface area contributed by atoms with Gasteiger partial charge in [-0.3, -0.25) is 5.32 Å². The van der Waals surface area contributed by atoms with Gasteiger partial charge in [0.1, 0.15) is 5.76 Å². The van der Waals surface area contributed by atoms with Gasteiger partial charge in [0, 0.05) is 24.6 Å². The Balaban J connectivity index is 1.96. The van der Waals surface area contributed by atoms with E-state index in [1.165, 1.54) is 0 Å². The molecule has 0 atom stereocenters. The van der Waals surface area contributed by atoms with Crippen molar-refractivity contribution < 1.29 is 14.1 Å². The molecule has 100 valence electrons. The van der Waals surface area contributed by atoms with Crippen LogP contribution >= 0.6 is 0 Å². The van der Waals surface area contributed by atoms with E-state index in [1.807, 2.05) is 20.8 Å². The van der Waals surface area contributed by atoms with E-state index in [4.69, 9.17) is 9.26 Å². The predicted molar refractivity (Wildman–Crippen MR) is 66.6 cm³/mol. The highest BCUT2D eigenvalue weighted by molar-refractivity contribution is 5.88. The van der Waals surface area contributed by atoms with Crippen molar-refractivity contribution in [3.63, 3.8) is 0 Å². The number of urea groups is 1. The van der Waals surface area contributed by atoms with Crippen LogP contribution in [0.1, 0.15) is 26.5 Å². The van der Waals surface area contributed by atoms with Crippen LogP contribution in [0, 0.1) is 0 Å². The van der Waals surface area contributed by atoms with Crippen LogP contribution < -0.4 is 5.32 Å². The Kier molecular flexibility index (Phi) is 3.56. The fourth-order valence-electron chi connectivity index (χ4n) is 1.64. The maximum absolute atomic E-state index is 11.9. The third-order valence-electron chi connectivity index (χ3n) is 2.78. The summed E-state index contributed by atoms with van der Waals surface area (Å²) in [5.41, 5.74) is -0.116. The number of carbonyl (C=O) groups excluding carboxylic acids is 1. The number of ether oxygens (including phenoxy) is 1. The fourth-order valence-corrected chi connectivity index (χ4v) is 1.64. The van der Waals surface area contributed by atoms with Crippen molar-refractivity contribution in [1.29, 1.82) is 0 Å². The maximum atomic E-state index is 11.9. The van der Waals surface area contributed by atoms with Gasteiger partial charge < -0.3 is 14.2 Å². The summed E-state index contributed by atoms with van der Waals surface area (Å²) in [6.07, 6.45) is 0. The number of amides is 2. The average Bonchev–Trinajstić information content (AvgIpc) is 2.78. The summed E-state index contributed by atoms with van der Waals surface area (Å²) in [4.78, 5) is 13.6. The van der Waals surface area contributed by atoms with Gasteiger partial charge in [-0.2, -0.15) is 0 Å². The highest BCUT2D eigenvalue weighted by Crippen LogP contribution is 2.24. The third kappa shape index (κ3) is 3.01. The zero-order valence-corrected chi connectivity index (χ0v) is 11.0. The average molecular weight is 253 g/mol. The molecule has 0 aromatic carbocycles. The Morgan fingerprint density at radius 2 is 2.06 bits per heavy atom. The van der Waals surface area contributed by atoms with Crippen molar-refractivity contribution in [2.24, 2.45) is 0 Å². The molecule has 1 saturated heterocycles. The van der Waals surface area contributed by atoms with E-state index in [1.54, 1.807) is 11.0 Å². The molecule has 1 aliphatic rings. The highest BCUT2D eigenvalue weighted by atomic mass is 16.5. The first kappa shape index (κ1) is 12.9. The number of hydrogen-bond acceptors (Lipinski definition) is 4. The lowest BCUT2D eigenvalue weighted by Crippen LogP contribution is -2.43. The van der Waals surface area contributed by atoms with Crippen LogP contribution in [-0.2, 0) is 10.2 Å². The number of nitrogens with one attached hydrogen (secondary N) is 1. The van der Waals surface area contributed by atoms with Crippen LogP contribution in [0.2, 0.25) is 0 Å². The van der Waals surface area contributed by atoms with Crippen molar-refractivity contribution in [2.45, 2.75) is 26.2 Å². The minimum Gasteiger partial charge on any atom is -0.378 e. The lowest BCUT2D eigenvalue weighted by molar-refractivity contribution is 0.0564. The van der Waals surface area contributed by atoms with E-state index in [2.05, 4.69) is 10.5 Å². The smallest absolute Gasteiger partial charge is 0.323 e. The molecule has 0 spiro atoms. The summed E-state index contributed by atoms with van der Waals surface area (Å²) < 4.78 is 10.4. The SMILES string of the molecule is CC(C)(C)c1cc(NC(=O)N2CCOCC2)no1. The molecule has 0 bridgehead atoms. The van der Waals surface area contributed by atoms with E-state index < -0.39 is 0 Å². The molecule has 2 rings (SSSR count). The summed E-state index contributed by atoms with van der Waals surface area (Å²) in [5.74, 6) is 1.20. The minimum absolute atomic E-state index is 0.116. The van der Waals surface area contributed by atoms with Crippen molar-refractivity contribution in [1.82, 2.24) is 10.1 Å². The first-order valence-electron chi connectivity index (χ1n) is 6.08. The van der Waals surface area contributed by atoms with Crippen molar-refractivity contribution >= 4 is 11.8 Å². The van der Waals surface area contributed by atoms with Gasteiger partial charge in [-0.25, -0.2) is 4.79 Å². The Bertz CT molecular complexity index is 416. The molecule has 6 nitrogen and oxygen atoms in total. The van der Waals surface area contributed by atoms with E-state index in [0.29, 0.717) is 32.1 Å². The monoisotopic (exact) mass is 253 g/mol. The number of carbonyl (C=O) groups is 1. The van der Waals surface area contributed by atoms with Crippen LogP contribution in [0.25, 0.3) is 0 Å². The standard InChI is InChI=1S/C12H19N3O3/c1-12(2,3)9-8-10(14-18-9)13-11(16)15-4-6-17-7-5-15/h8H,4-7H2,1-3H3,(H,13,14,16). The molecule has 6 heteroatoms. The Hall–Kier alpha value is -1.56. The zero-order chi connectivity index (χ0) is 13.2. The lowest BCUT2D eigenvalue weighted by Gasteiger charge is -2.26. The van der Waals surface area contributed by atoms with Gasteiger partial charge in [-0.15, -0.1) is 0 Å². The fraction of sp³-hybridized carbons (Fsp3) is 0.667. The molecule has 1 aliphatic heterocycles. The zero-order valence-electron chi connectivity index (χ0n) is 11.0. The van der Waals surface area contributed by atoms with Crippen LogP contribution in [0.5, 0.6) is 0 Å². The van der Waals surface area contributed by atoms with Gasteiger partial charge in [0.15, 0.2) is 5.82 Å². The molecular formula is C12H19N3O3. The molecule has 1 fully saturated rings. The molecule has 2 amide bonds. The Morgan fingerprint density at radius 3 is 2.61 bits per heavy atom. The molecule has 0 unspecified atom stereocenters. The minimum atomic E-state index is -0.160. The number of aromatic nitrogens is 1. The van der Waals surface area contributed by atoms with Crippen molar-refractivity contribution in [3.05, 3.63) is 11.8 Å². The van der Waals surface area contributed by atoms with E-state index in [-0.39, 0.29) is 11.4 Å². The molecule has 18 heavy (non-hydrogen) atoms. The summed E-state index contributed by atoms with van der Waals surface area (Å²) in [6.45, 7) is 8.47. The largest absolute Gasteiger partial charge is 0.378 e. The first-order chi connectivity index (χ1) is 8.47. The topological polar surface area (TPSA) is 67.6 Å². The van der Waals surface area contributed by atoms with Crippen LogP contribution in [-0.4, -0.2) is 42.4 Å². The lowest BCUT2D eigenvalue weighted by atomic mass is 9.93. The molecule has 2 heterocycles. The molecule has 1 aromatic heterocycles. The van der Waals surface area contributed by atoms with E-state index in [9.17, 15) is 4.79 Å². The van der Waals surface area contributed by atoms with Gasteiger partial charge in [-0.1, -0.05) is 25.9 Å². The van der Waals surface area contributed by atoms with E-state index in [0.717, 1.165) is 5.76 Å². The van der Waals surface area contributed by atoms with Gasteiger partial charge in [0.2, 0.25) is 0 Å². The summed E-state index contributed by atoms with van der Waals surface area (Å²) in [7, 11) is 0. The maximum Gasteiger partial charge on any atom is 0.323 e. The molecule has 0 saturated carbocycles. The van der Waals surface area contributed by atoms with Crippen LogP contribution in [0.3, 0.4) is 0 Å². The van der Waals surface area contributed by atoms with Gasteiger partial charge >= 0.3 is 6.03 Å². The highest BCUT2D eigenvalue weighted by Gasteiger charge is 2.22. The second kappa shape index (κ2) is 4.97. The van der Waals surface area contributed by atoms with Crippen molar-refractivity contribution in [2.75, 3.05) is 31.6 Å². The number of hydrogen-bond donors (Lipinski definition) is 1. The molecule has 0 radical (unpaired) electrons. The third-order valence-corrected chi connectivity index (χ3v) is 2.78. The molecule has 1 N–H and O–H groups in total.